The molecule has 4 rings (SSSR count). The lowest BCUT2D eigenvalue weighted by Gasteiger charge is -2.26. The molecule has 1 aliphatic rings. The molecule has 126 valence electrons. The van der Waals surface area contributed by atoms with Gasteiger partial charge in [-0.2, -0.15) is 0 Å². The molecule has 0 saturated carbocycles. The van der Waals surface area contributed by atoms with Crippen LogP contribution in [-0.4, -0.2) is 20.0 Å². The van der Waals surface area contributed by atoms with Crippen LogP contribution in [0.15, 0.2) is 61.1 Å². The summed E-state index contributed by atoms with van der Waals surface area (Å²) in [5.41, 5.74) is 2.08. The van der Waals surface area contributed by atoms with Crippen LogP contribution in [0, 0.1) is 0 Å². The lowest BCUT2D eigenvalue weighted by molar-refractivity contribution is 0.315. The highest BCUT2D eigenvalue weighted by molar-refractivity contribution is 7.80. The molecule has 0 bridgehead atoms. The lowest BCUT2D eigenvalue weighted by Crippen LogP contribution is -2.28. The summed E-state index contributed by atoms with van der Waals surface area (Å²) in [5, 5.41) is 4.15. The van der Waals surface area contributed by atoms with Gasteiger partial charge in [0.05, 0.1) is 22.1 Å². The molecule has 7 heteroatoms. The molecular formula is C18H15ClN4S2. The summed E-state index contributed by atoms with van der Waals surface area (Å²) >= 11 is 13.4. The normalized spacial score (nSPS) is 19.9. The molecule has 0 spiro atoms. The maximum absolute atomic E-state index is 6.20. The standard InChI is InChI=1S/C18H15ClN4S2/c19-15-7-6-14(25-15)17-16(13-5-1-2-9-21-13)22-18(24)23(17)11-12-4-3-8-20-10-12/h1-10,16-17H,11H2,(H,22,24). The van der Waals surface area contributed by atoms with E-state index in [1.807, 2.05) is 42.7 Å². The molecule has 1 fully saturated rings. The molecule has 4 nitrogen and oxygen atoms in total. The van der Waals surface area contributed by atoms with Gasteiger partial charge in [-0.25, -0.2) is 0 Å². The van der Waals surface area contributed by atoms with Gasteiger partial charge in [0.15, 0.2) is 5.11 Å². The Morgan fingerprint density at radius 1 is 1.16 bits per heavy atom. The quantitative estimate of drug-likeness (QED) is 0.674. The van der Waals surface area contributed by atoms with Gasteiger partial charge < -0.3 is 10.2 Å². The van der Waals surface area contributed by atoms with Gasteiger partial charge in [-0.05, 0) is 48.1 Å². The van der Waals surface area contributed by atoms with E-state index in [2.05, 4.69) is 32.3 Å². The van der Waals surface area contributed by atoms with E-state index in [9.17, 15) is 0 Å². The van der Waals surface area contributed by atoms with Crippen LogP contribution in [0.25, 0.3) is 0 Å². The van der Waals surface area contributed by atoms with E-state index in [-0.39, 0.29) is 12.1 Å². The van der Waals surface area contributed by atoms with Crippen molar-refractivity contribution >= 4 is 40.3 Å². The summed E-state index contributed by atoms with van der Waals surface area (Å²) in [5.74, 6) is 0. The van der Waals surface area contributed by atoms with E-state index < -0.39 is 0 Å². The minimum Gasteiger partial charge on any atom is -0.352 e. The average Bonchev–Trinajstić information content (AvgIpc) is 3.20. The first-order valence-corrected chi connectivity index (χ1v) is 9.45. The second-order valence-corrected chi connectivity index (χ2v) is 7.89. The second-order valence-electron chi connectivity index (χ2n) is 5.76. The van der Waals surface area contributed by atoms with Gasteiger partial charge >= 0.3 is 0 Å². The number of nitrogens with one attached hydrogen (secondary N) is 1. The summed E-state index contributed by atoms with van der Waals surface area (Å²) in [6.07, 6.45) is 5.45. The summed E-state index contributed by atoms with van der Waals surface area (Å²) in [7, 11) is 0. The highest BCUT2D eigenvalue weighted by Gasteiger charge is 2.40. The second kappa shape index (κ2) is 7.07. The Labute approximate surface area is 160 Å². The average molecular weight is 387 g/mol. The first kappa shape index (κ1) is 16.4. The largest absolute Gasteiger partial charge is 0.352 e. The van der Waals surface area contributed by atoms with Crippen molar-refractivity contribution in [2.45, 2.75) is 18.6 Å². The van der Waals surface area contributed by atoms with Crippen molar-refractivity contribution in [1.29, 1.82) is 0 Å². The maximum atomic E-state index is 6.20. The fraction of sp³-hybridized carbons (Fsp3) is 0.167. The van der Waals surface area contributed by atoms with Gasteiger partial charge in [0, 0.05) is 30.0 Å². The number of pyridine rings is 2. The molecular weight excluding hydrogens is 372 g/mol. The van der Waals surface area contributed by atoms with Crippen molar-refractivity contribution in [3.05, 3.63) is 81.5 Å². The summed E-state index contributed by atoms with van der Waals surface area (Å²) < 4.78 is 0.772. The van der Waals surface area contributed by atoms with E-state index in [1.165, 1.54) is 0 Å². The first-order chi connectivity index (χ1) is 12.2. The third-order valence-corrected chi connectivity index (χ3v) is 5.81. The van der Waals surface area contributed by atoms with Gasteiger partial charge in [0.1, 0.15) is 0 Å². The van der Waals surface area contributed by atoms with Crippen molar-refractivity contribution in [1.82, 2.24) is 20.2 Å². The van der Waals surface area contributed by atoms with Gasteiger partial charge in [-0.3, -0.25) is 9.97 Å². The van der Waals surface area contributed by atoms with Crippen molar-refractivity contribution in [3.63, 3.8) is 0 Å². The van der Waals surface area contributed by atoms with Crippen LogP contribution in [0.4, 0.5) is 0 Å². The Bertz CT molecular complexity index is 869. The highest BCUT2D eigenvalue weighted by atomic mass is 35.5. The molecule has 1 aliphatic heterocycles. The predicted octanol–water partition coefficient (Wildman–Crippen LogP) is 4.36. The smallest absolute Gasteiger partial charge is 0.170 e. The zero-order chi connectivity index (χ0) is 17.2. The van der Waals surface area contributed by atoms with Crippen LogP contribution in [0.5, 0.6) is 0 Å². The van der Waals surface area contributed by atoms with Crippen molar-refractivity contribution in [2.75, 3.05) is 0 Å². The molecule has 0 aromatic carbocycles. The molecule has 25 heavy (non-hydrogen) atoms. The van der Waals surface area contributed by atoms with Crippen molar-refractivity contribution < 1.29 is 0 Å². The molecule has 0 amide bonds. The van der Waals surface area contributed by atoms with Crippen LogP contribution < -0.4 is 5.32 Å². The Balaban J connectivity index is 1.72. The Morgan fingerprint density at radius 3 is 2.76 bits per heavy atom. The van der Waals surface area contributed by atoms with Crippen molar-refractivity contribution in [3.8, 4) is 0 Å². The van der Waals surface area contributed by atoms with Gasteiger partial charge in [0.25, 0.3) is 0 Å². The van der Waals surface area contributed by atoms with E-state index in [0.717, 1.165) is 20.5 Å². The summed E-state index contributed by atoms with van der Waals surface area (Å²) in [6.45, 7) is 0.684. The summed E-state index contributed by atoms with van der Waals surface area (Å²) in [6, 6.07) is 14.0. The number of thiocarbonyl (C=S) groups is 1. The number of aromatic nitrogens is 2. The zero-order valence-corrected chi connectivity index (χ0v) is 15.6. The Kier molecular flexibility index (Phi) is 4.65. The third kappa shape index (κ3) is 3.38. The topological polar surface area (TPSA) is 41.1 Å². The van der Waals surface area contributed by atoms with E-state index in [0.29, 0.717) is 11.7 Å². The molecule has 1 N–H and O–H groups in total. The van der Waals surface area contributed by atoms with E-state index in [1.54, 1.807) is 17.5 Å². The zero-order valence-electron chi connectivity index (χ0n) is 13.2. The van der Waals surface area contributed by atoms with Crippen LogP contribution in [-0.2, 0) is 6.54 Å². The molecule has 2 atom stereocenters. The minimum atomic E-state index is -0.0138. The Morgan fingerprint density at radius 2 is 2.08 bits per heavy atom. The first-order valence-electron chi connectivity index (χ1n) is 7.84. The van der Waals surface area contributed by atoms with Crippen LogP contribution in [0.2, 0.25) is 4.34 Å². The van der Waals surface area contributed by atoms with Crippen LogP contribution >= 0.6 is 35.2 Å². The lowest BCUT2D eigenvalue weighted by atomic mass is 10.0. The maximum Gasteiger partial charge on any atom is 0.170 e. The van der Waals surface area contributed by atoms with Gasteiger partial charge in [-0.1, -0.05) is 23.7 Å². The predicted molar refractivity (Wildman–Crippen MR) is 105 cm³/mol. The fourth-order valence-corrected chi connectivity index (χ4v) is 4.58. The van der Waals surface area contributed by atoms with E-state index >= 15 is 0 Å². The number of nitrogens with zero attached hydrogens (tertiary/aromatic N) is 3. The minimum absolute atomic E-state index is 0.0138. The third-order valence-electron chi connectivity index (χ3n) is 4.16. The van der Waals surface area contributed by atoms with Gasteiger partial charge in [0.2, 0.25) is 0 Å². The Hall–Kier alpha value is -2.02. The number of halogens is 1. The number of hydrogen-bond acceptors (Lipinski definition) is 4. The molecule has 3 aromatic rings. The fourth-order valence-electron chi connectivity index (χ4n) is 3.06. The molecule has 3 aromatic heterocycles. The molecule has 4 heterocycles. The highest BCUT2D eigenvalue weighted by Crippen LogP contribution is 2.42. The van der Waals surface area contributed by atoms with E-state index in [4.69, 9.17) is 23.8 Å². The van der Waals surface area contributed by atoms with Crippen LogP contribution in [0.3, 0.4) is 0 Å². The van der Waals surface area contributed by atoms with Gasteiger partial charge in [-0.15, -0.1) is 11.3 Å². The monoisotopic (exact) mass is 386 g/mol. The van der Waals surface area contributed by atoms with Crippen LogP contribution in [0.1, 0.15) is 28.2 Å². The molecule has 0 radical (unpaired) electrons. The summed E-state index contributed by atoms with van der Waals surface area (Å²) in [4.78, 5) is 12.1. The molecule has 2 unspecified atom stereocenters. The molecule has 0 aliphatic carbocycles. The van der Waals surface area contributed by atoms with Crippen molar-refractivity contribution in [2.24, 2.45) is 0 Å². The SMILES string of the molecule is S=C1NC(c2ccccn2)C(c2ccc(Cl)s2)N1Cc1cccnc1. The number of rotatable bonds is 4. The number of hydrogen-bond donors (Lipinski definition) is 1. The molecule has 1 saturated heterocycles. The number of thiophene rings is 1.